The Labute approximate surface area is 128 Å². The first-order chi connectivity index (χ1) is 9.65. The first-order valence-corrected chi connectivity index (χ1v) is 7.42. The molecule has 2 heterocycles. The Bertz CT molecular complexity index is 828. The van der Waals surface area contributed by atoms with E-state index in [9.17, 15) is 4.79 Å². The molecule has 4 nitrogen and oxygen atoms in total. The van der Waals surface area contributed by atoms with Crippen LogP contribution in [0.15, 0.2) is 40.6 Å². The number of nitrogens with one attached hydrogen (secondary N) is 1. The Morgan fingerprint density at radius 2 is 2.20 bits per heavy atom. The van der Waals surface area contributed by atoms with Crippen molar-refractivity contribution in [2.24, 2.45) is 0 Å². The van der Waals surface area contributed by atoms with E-state index < -0.39 is 0 Å². The Morgan fingerprint density at radius 1 is 1.35 bits per heavy atom. The molecule has 0 unspecified atom stereocenters. The molecule has 0 aliphatic heterocycles. The van der Waals surface area contributed by atoms with E-state index in [1.807, 2.05) is 11.4 Å². The van der Waals surface area contributed by atoms with Crippen LogP contribution in [0.3, 0.4) is 0 Å². The SMILES string of the molecule is O=c1cc(CNc2cccc(Cl)c2Cl)nc2sccn12. The minimum Gasteiger partial charge on any atom is -0.378 e. The lowest BCUT2D eigenvalue weighted by Crippen LogP contribution is -2.14. The maximum absolute atomic E-state index is 11.8. The smallest absolute Gasteiger partial charge is 0.258 e. The van der Waals surface area contributed by atoms with Gasteiger partial charge in [0.15, 0.2) is 4.96 Å². The Balaban J connectivity index is 1.86. The van der Waals surface area contributed by atoms with Gasteiger partial charge in [-0.15, -0.1) is 11.3 Å². The number of thiazole rings is 1. The lowest BCUT2D eigenvalue weighted by molar-refractivity contribution is 0.990. The molecule has 0 saturated carbocycles. The molecule has 20 heavy (non-hydrogen) atoms. The van der Waals surface area contributed by atoms with Crippen LogP contribution in [0.25, 0.3) is 4.96 Å². The summed E-state index contributed by atoms with van der Waals surface area (Å²) < 4.78 is 1.51. The first-order valence-electron chi connectivity index (χ1n) is 5.79. The zero-order valence-corrected chi connectivity index (χ0v) is 12.5. The highest BCUT2D eigenvalue weighted by atomic mass is 35.5. The number of benzene rings is 1. The van der Waals surface area contributed by atoms with E-state index in [-0.39, 0.29) is 5.56 Å². The molecule has 1 N–H and O–H groups in total. The first kappa shape index (κ1) is 13.4. The van der Waals surface area contributed by atoms with Gasteiger partial charge in [-0.2, -0.15) is 0 Å². The molecule has 0 bridgehead atoms. The molecule has 0 amide bonds. The van der Waals surface area contributed by atoms with Crippen molar-refractivity contribution in [3.63, 3.8) is 0 Å². The summed E-state index contributed by atoms with van der Waals surface area (Å²) in [6.07, 6.45) is 1.71. The highest BCUT2D eigenvalue weighted by Gasteiger charge is 2.06. The number of fused-ring (bicyclic) bond motifs is 1. The van der Waals surface area contributed by atoms with Crippen LogP contribution in [-0.2, 0) is 6.54 Å². The van der Waals surface area contributed by atoms with Crippen molar-refractivity contribution in [3.8, 4) is 0 Å². The summed E-state index contributed by atoms with van der Waals surface area (Å²) in [4.78, 5) is 16.9. The molecule has 0 aliphatic carbocycles. The van der Waals surface area contributed by atoms with Crippen molar-refractivity contribution in [2.45, 2.75) is 6.54 Å². The van der Waals surface area contributed by atoms with Gasteiger partial charge in [-0.1, -0.05) is 29.3 Å². The molecule has 1 aromatic carbocycles. The number of rotatable bonds is 3. The van der Waals surface area contributed by atoms with Gasteiger partial charge >= 0.3 is 0 Å². The molecule has 3 rings (SSSR count). The third-order valence-corrected chi connectivity index (χ3v) is 4.34. The van der Waals surface area contributed by atoms with E-state index >= 15 is 0 Å². The van der Waals surface area contributed by atoms with Crippen LogP contribution in [0.4, 0.5) is 5.69 Å². The quantitative estimate of drug-likeness (QED) is 0.799. The van der Waals surface area contributed by atoms with Gasteiger partial charge in [-0.25, -0.2) is 4.98 Å². The van der Waals surface area contributed by atoms with Crippen molar-refractivity contribution in [1.82, 2.24) is 9.38 Å². The van der Waals surface area contributed by atoms with Gasteiger partial charge in [0.1, 0.15) is 0 Å². The van der Waals surface area contributed by atoms with E-state index in [0.717, 1.165) is 0 Å². The monoisotopic (exact) mass is 325 g/mol. The summed E-state index contributed by atoms with van der Waals surface area (Å²) in [5, 5.41) is 5.91. The molecule has 0 radical (unpaired) electrons. The van der Waals surface area contributed by atoms with Crippen molar-refractivity contribution in [1.29, 1.82) is 0 Å². The maximum atomic E-state index is 11.8. The van der Waals surface area contributed by atoms with Crippen molar-refractivity contribution in [3.05, 3.63) is 61.9 Å². The lowest BCUT2D eigenvalue weighted by atomic mass is 10.3. The zero-order chi connectivity index (χ0) is 14.1. The predicted octanol–water partition coefficient (Wildman–Crippen LogP) is 3.67. The lowest BCUT2D eigenvalue weighted by Gasteiger charge is -2.08. The fourth-order valence-electron chi connectivity index (χ4n) is 1.80. The van der Waals surface area contributed by atoms with Crippen LogP contribution >= 0.6 is 34.5 Å². The van der Waals surface area contributed by atoms with E-state index in [2.05, 4.69) is 10.3 Å². The van der Waals surface area contributed by atoms with Crippen LogP contribution in [0.5, 0.6) is 0 Å². The summed E-state index contributed by atoms with van der Waals surface area (Å²) >= 11 is 13.5. The van der Waals surface area contributed by atoms with Crippen molar-refractivity contribution < 1.29 is 0 Å². The second-order valence-corrected chi connectivity index (χ2v) is 5.75. The van der Waals surface area contributed by atoms with E-state index in [1.54, 1.807) is 18.3 Å². The second-order valence-electron chi connectivity index (χ2n) is 4.10. The van der Waals surface area contributed by atoms with Crippen LogP contribution in [0.2, 0.25) is 10.0 Å². The molecule has 0 fully saturated rings. The number of nitrogens with zero attached hydrogens (tertiary/aromatic N) is 2. The Morgan fingerprint density at radius 3 is 3.05 bits per heavy atom. The van der Waals surface area contributed by atoms with E-state index in [1.165, 1.54) is 21.8 Å². The minimum atomic E-state index is -0.0924. The highest BCUT2D eigenvalue weighted by molar-refractivity contribution is 7.15. The summed E-state index contributed by atoms with van der Waals surface area (Å²) in [6, 6.07) is 6.86. The largest absolute Gasteiger partial charge is 0.378 e. The molecule has 0 saturated heterocycles. The van der Waals surface area contributed by atoms with E-state index in [4.69, 9.17) is 23.2 Å². The normalized spacial score (nSPS) is 10.9. The minimum absolute atomic E-state index is 0.0924. The number of anilines is 1. The molecule has 3 aromatic rings. The highest BCUT2D eigenvalue weighted by Crippen LogP contribution is 2.29. The van der Waals surface area contributed by atoms with E-state index in [0.29, 0.717) is 32.9 Å². The summed E-state index contributed by atoms with van der Waals surface area (Å²) in [5.41, 5.74) is 1.28. The summed E-state index contributed by atoms with van der Waals surface area (Å²) in [5.74, 6) is 0. The van der Waals surface area contributed by atoms with Gasteiger partial charge in [0.25, 0.3) is 5.56 Å². The van der Waals surface area contributed by atoms with Crippen LogP contribution in [-0.4, -0.2) is 9.38 Å². The van der Waals surface area contributed by atoms with Crippen LogP contribution < -0.4 is 10.9 Å². The molecule has 0 aliphatic rings. The average Bonchev–Trinajstić information content (AvgIpc) is 2.89. The fraction of sp³-hybridized carbons (Fsp3) is 0.0769. The van der Waals surface area contributed by atoms with Gasteiger partial charge < -0.3 is 5.32 Å². The summed E-state index contributed by atoms with van der Waals surface area (Å²) in [7, 11) is 0. The van der Waals surface area contributed by atoms with Gasteiger partial charge in [0.2, 0.25) is 0 Å². The van der Waals surface area contributed by atoms with Gasteiger partial charge in [-0.05, 0) is 12.1 Å². The maximum Gasteiger partial charge on any atom is 0.258 e. The second kappa shape index (κ2) is 5.44. The third kappa shape index (κ3) is 2.52. The average molecular weight is 326 g/mol. The molecule has 2 aromatic heterocycles. The molecular formula is C13H9Cl2N3OS. The molecule has 7 heteroatoms. The standard InChI is InChI=1S/C13H9Cl2N3OS/c14-9-2-1-3-10(12(9)15)16-7-8-6-11(19)18-4-5-20-13(18)17-8/h1-6,16H,7H2. The number of halogens is 2. The number of hydrogen-bond donors (Lipinski definition) is 1. The topological polar surface area (TPSA) is 46.4 Å². The van der Waals surface area contributed by atoms with Gasteiger partial charge in [0, 0.05) is 17.6 Å². The molecule has 0 spiro atoms. The predicted molar refractivity (Wildman–Crippen MR) is 83.1 cm³/mol. The molecule has 0 atom stereocenters. The number of aromatic nitrogens is 2. The Kier molecular flexibility index (Phi) is 3.65. The number of hydrogen-bond acceptors (Lipinski definition) is 4. The van der Waals surface area contributed by atoms with Gasteiger partial charge in [-0.3, -0.25) is 9.20 Å². The van der Waals surface area contributed by atoms with Crippen molar-refractivity contribution in [2.75, 3.05) is 5.32 Å². The molecule has 102 valence electrons. The van der Waals surface area contributed by atoms with Crippen LogP contribution in [0.1, 0.15) is 5.69 Å². The fourth-order valence-corrected chi connectivity index (χ4v) is 2.91. The summed E-state index contributed by atoms with van der Waals surface area (Å²) in [6.45, 7) is 0.406. The van der Waals surface area contributed by atoms with Crippen LogP contribution in [0, 0.1) is 0 Å². The van der Waals surface area contributed by atoms with Gasteiger partial charge in [0.05, 0.1) is 28.0 Å². The molecular weight excluding hydrogens is 317 g/mol. The third-order valence-electron chi connectivity index (χ3n) is 2.77. The van der Waals surface area contributed by atoms with Crippen molar-refractivity contribution >= 4 is 45.2 Å². The Hall–Kier alpha value is -1.56. The zero-order valence-electron chi connectivity index (χ0n) is 10.1.